The predicted octanol–water partition coefficient (Wildman–Crippen LogP) is 5.82. The highest BCUT2D eigenvalue weighted by atomic mass is 16.5. The van der Waals surface area contributed by atoms with Crippen molar-refractivity contribution in [2.45, 2.75) is 90.3 Å². The van der Waals surface area contributed by atoms with Gasteiger partial charge in [-0.25, -0.2) is 0 Å². The van der Waals surface area contributed by atoms with E-state index in [1.165, 1.54) is 19.3 Å². The minimum Gasteiger partial charge on any atom is -0.378 e. The maximum absolute atomic E-state index is 6.03. The molecule has 0 heterocycles. The third kappa shape index (κ3) is 10.2. The molecule has 0 spiro atoms. The van der Waals surface area contributed by atoms with Crippen LogP contribution in [0.5, 0.6) is 0 Å². The van der Waals surface area contributed by atoms with Gasteiger partial charge >= 0.3 is 0 Å². The van der Waals surface area contributed by atoms with E-state index in [0.29, 0.717) is 12.2 Å². The number of hydrogen-bond donors (Lipinski definition) is 0. The predicted molar refractivity (Wildman–Crippen MR) is 95.3 cm³/mol. The van der Waals surface area contributed by atoms with Crippen LogP contribution in [0.1, 0.15) is 78.1 Å². The summed E-state index contributed by atoms with van der Waals surface area (Å²) in [5, 5.41) is 0. The molecule has 0 aromatic heterocycles. The summed E-state index contributed by atoms with van der Waals surface area (Å²) >= 11 is 0. The normalized spacial score (nSPS) is 22.8. The zero-order valence-corrected chi connectivity index (χ0v) is 14.8. The van der Waals surface area contributed by atoms with E-state index in [-0.39, 0.29) is 0 Å². The average Bonchev–Trinajstić information content (AvgIpc) is 2.54. The van der Waals surface area contributed by atoms with E-state index in [0.717, 1.165) is 58.2 Å². The maximum Gasteiger partial charge on any atom is 0.0599 e. The molecule has 1 aliphatic carbocycles. The molecule has 0 radical (unpaired) electrons. The topological polar surface area (TPSA) is 18.5 Å². The number of hydrogen-bond acceptors (Lipinski definition) is 2. The SMILES string of the molecule is CCC=CCCCOC1CCCC(OCCCC=CCC)C1. The molecular weight excluding hydrogens is 272 g/mol. The van der Waals surface area contributed by atoms with Crippen LogP contribution < -0.4 is 0 Å². The number of unbranched alkanes of at least 4 members (excludes halogenated alkanes) is 2. The van der Waals surface area contributed by atoms with Gasteiger partial charge in [-0.15, -0.1) is 0 Å². The van der Waals surface area contributed by atoms with Gasteiger partial charge in [0.1, 0.15) is 0 Å². The Morgan fingerprint density at radius 1 is 0.773 bits per heavy atom. The molecule has 2 unspecified atom stereocenters. The van der Waals surface area contributed by atoms with E-state index in [4.69, 9.17) is 9.47 Å². The molecular formula is C20H36O2. The van der Waals surface area contributed by atoms with Crippen LogP contribution in [0.2, 0.25) is 0 Å². The summed E-state index contributed by atoms with van der Waals surface area (Å²) in [4.78, 5) is 0. The number of rotatable bonds is 12. The highest BCUT2D eigenvalue weighted by Gasteiger charge is 2.22. The zero-order valence-electron chi connectivity index (χ0n) is 14.8. The van der Waals surface area contributed by atoms with Crippen LogP contribution in [0, 0.1) is 0 Å². The van der Waals surface area contributed by atoms with Crippen molar-refractivity contribution >= 4 is 0 Å². The lowest BCUT2D eigenvalue weighted by molar-refractivity contribution is -0.0451. The van der Waals surface area contributed by atoms with E-state index in [2.05, 4.69) is 38.2 Å². The number of allylic oxidation sites excluding steroid dienone is 4. The fraction of sp³-hybridized carbons (Fsp3) is 0.800. The van der Waals surface area contributed by atoms with Crippen LogP contribution in [-0.4, -0.2) is 25.4 Å². The third-order valence-corrected chi connectivity index (χ3v) is 4.12. The fourth-order valence-corrected chi connectivity index (χ4v) is 2.88. The van der Waals surface area contributed by atoms with Crippen molar-refractivity contribution in [3.05, 3.63) is 24.3 Å². The van der Waals surface area contributed by atoms with Crippen molar-refractivity contribution in [2.24, 2.45) is 0 Å². The first-order chi connectivity index (χ1) is 10.9. The molecule has 0 aliphatic heterocycles. The largest absolute Gasteiger partial charge is 0.378 e. The second-order valence-corrected chi connectivity index (χ2v) is 6.20. The Morgan fingerprint density at radius 2 is 1.27 bits per heavy atom. The molecule has 0 N–H and O–H groups in total. The van der Waals surface area contributed by atoms with Gasteiger partial charge in [0.2, 0.25) is 0 Å². The fourth-order valence-electron chi connectivity index (χ4n) is 2.88. The first kappa shape index (κ1) is 19.4. The lowest BCUT2D eigenvalue weighted by atomic mass is 9.95. The van der Waals surface area contributed by atoms with Gasteiger partial charge in [-0.1, -0.05) is 38.2 Å². The minimum atomic E-state index is 0.425. The monoisotopic (exact) mass is 308 g/mol. The molecule has 0 aromatic rings. The Kier molecular flexibility index (Phi) is 12.4. The molecule has 0 aromatic carbocycles. The minimum absolute atomic E-state index is 0.425. The smallest absolute Gasteiger partial charge is 0.0599 e. The quantitative estimate of drug-likeness (QED) is 0.334. The summed E-state index contributed by atoms with van der Waals surface area (Å²) < 4.78 is 12.1. The van der Waals surface area contributed by atoms with Gasteiger partial charge in [-0.05, 0) is 64.2 Å². The molecule has 2 nitrogen and oxygen atoms in total. The van der Waals surface area contributed by atoms with Gasteiger partial charge in [-0.3, -0.25) is 0 Å². The Bertz CT molecular complexity index is 268. The van der Waals surface area contributed by atoms with Gasteiger partial charge in [0, 0.05) is 13.2 Å². The highest BCUT2D eigenvalue weighted by Crippen LogP contribution is 2.24. The van der Waals surface area contributed by atoms with Crippen LogP contribution >= 0.6 is 0 Å². The van der Waals surface area contributed by atoms with E-state index < -0.39 is 0 Å². The van der Waals surface area contributed by atoms with Crippen molar-refractivity contribution < 1.29 is 9.47 Å². The van der Waals surface area contributed by atoms with E-state index >= 15 is 0 Å². The molecule has 1 rings (SSSR count). The van der Waals surface area contributed by atoms with E-state index in [9.17, 15) is 0 Å². The molecule has 1 saturated carbocycles. The average molecular weight is 309 g/mol. The van der Waals surface area contributed by atoms with Gasteiger partial charge in [0.05, 0.1) is 12.2 Å². The van der Waals surface area contributed by atoms with Crippen molar-refractivity contribution in [3.63, 3.8) is 0 Å². The van der Waals surface area contributed by atoms with Crippen LogP contribution in [0.3, 0.4) is 0 Å². The standard InChI is InChI=1S/C20H36O2/c1-3-5-7-9-11-16-21-19-14-13-15-20(18-19)22-17-12-10-8-6-4-2/h5-8,19-20H,3-4,9-18H2,1-2H3. The molecule has 22 heavy (non-hydrogen) atoms. The van der Waals surface area contributed by atoms with Gasteiger partial charge < -0.3 is 9.47 Å². The highest BCUT2D eigenvalue weighted by molar-refractivity contribution is 4.81. The second kappa shape index (κ2) is 14.0. The Labute approximate surface area is 138 Å². The molecule has 128 valence electrons. The third-order valence-electron chi connectivity index (χ3n) is 4.12. The lowest BCUT2D eigenvalue weighted by Gasteiger charge is -2.29. The van der Waals surface area contributed by atoms with Crippen LogP contribution in [0.4, 0.5) is 0 Å². The van der Waals surface area contributed by atoms with Gasteiger partial charge in [0.25, 0.3) is 0 Å². The summed E-state index contributed by atoms with van der Waals surface area (Å²) in [6.07, 6.45) is 21.5. The molecule has 0 saturated heterocycles. The second-order valence-electron chi connectivity index (χ2n) is 6.20. The zero-order chi connectivity index (χ0) is 15.9. The summed E-state index contributed by atoms with van der Waals surface area (Å²) in [6, 6.07) is 0. The maximum atomic E-state index is 6.03. The van der Waals surface area contributed by atoms with E-state index in [1.807, 2.05) is 0 Å². The first-order valence-electron chi connectivity index (χ1n) is 9.40. The van der Waals surface area contributed by atoms with Crippen molar-refractivity contribution in [2.75, 3.05) is 13.2 Å². The number of ether oxygens (including phenoxy) is 2. The summed E-state index contributed by atoms with van der Waals surface area (Å²) in [6.45, 7) is 6.14. The Hall–Kier alpha value is -0.600. The molecule has 2 heteroatoms. The molecule has 0 amide bonds. The molecule has 1 aliphatic rings. The summed E-state index contributed by atoms with van der Waals surface area (Å²) in [5.41, 5.74) is 0. The van der Waals surface area contributed by atoms with Crippen molar-refractivity contribution in [3.8, 4) is 0 Å². The molecule has 0 bridgehead atoms. The van der Waals surface area contributed by atoms with Crippen LogP contribution in [0.25, 0.3) is 0 Å². The van der Waals surface area contributed by atoms with Crippen molar-refractivity contribution in [1.82, 2.24) is 0 Å². The van der Waals surface area contributed by atoms with Crippen LogP contribution in [-0.2, 0) is 9.47 Å². The van der Waals surface area contributed by atoms with Crippen molar-refractivity contribution in [1.29, 1.82) is 0 Å². The van der Waals surface area contributed by atoms with Gasteiger partial charge in [-0.2, -0.15) is 0 Å². The first-order valence-corrected chi connectivity index (χ1v) is 9.40. The van der Waals surface area contributed by atoms with Gasteiger partial charge in [0.15, 0.2) is 0 Å². The Balaban J connectivity index is 2.03. The summed E-state index contributed by atoms with van der Waals surface area (Å²) in [5.74, 6) is 0. The Morgan fingerprint density at radius 3 is 1.73 bits per heavy atom. The van der Waals surface area contributed by atoms with Crippen LogP contribution in [0.15, 0.2) is 24.3 Å². The molecule has 2 atom stereocenters. The summed E-state index contributed by atoms with van der Waals surface area (Å²) in [7, 11) is 0. The lowest BCUT2D eigenvalue weighted by Crippen LogP contribution is -2.28. The molecule has 1 fully saturated rings. The van der Waals surface area contributed by atoms with E-state index in [1.54, 1.807) is 0 Å².